The summed E-state index contributed by atoms with van der Waals surface area (Å²) in [6.07, 6.45) is 6.21. The number of nitrogens with zero attached hydrogens (tertiary/aromatic N) is 1. The van der Waals surface area contributed by atoms with Crippen LogP contribution in [0.15, 0.2) is 25.3 Å². The maximum Gasteiger partial charge on any atom is 0.408 e. The number of amides is 2. The Morgan fingerprint density at radius 3 is 2.59 bits per heavy atom. The fourth-order valence-corrected chi connectivity index (χ4v) is 2.51. The second-order valence-electron chi connectivity index (χ2n) is 6.55. The molecule has 22 heavy (non-hydrogen) atoms. The van der Waals surface area contributed by atoms with Gasteiger partial charge in [-0.1, -0.05) is 12.2 Å². The molecule has 0 aromatic rings. The maximum atomic E-state index is 12.7. The van der Waals surface area contributed by atoms with Crippen LogP contribution in [0, 0.1) is 0 Å². The second kappa shape index (κ2) is 8.01. The van der Waals surface area contributed by atoms with E-state index in [-0.39, 0.29) is 11.9 Å². The summed E-state index contributed by atoms with van der Waals surface area (Å²) >= 11 is 0. The number of piperidine rings is 1. The Kier molecular flexibility index (Phi) is 6.65. The fraction of sp³-hybridized carbons (Fsp3) is 0.647. The van der Waals surface area contributed by atoms with E-state index < -0.39 is 17.7 Å². The summed E-state index contributed by atoms with van der Waals surface area (Å²) in [5.41, 5.74) is -0.597. The molecule has 124 valence electrons. The molecule has 2 unspecified atom stereocenters. The van der Waals surface area contributed by atoms with Crippen LogP contribution in [0.25, 0.3) is 0 Å². The molecule has 1 fully saturated rings. The zero-order valence-corrected chi connectivity index (χ0v) is 13.9. The van der Waals surface area contributed by atoms with Gasteiger partial charge < -0.3 is 15.0 Å². The van der Waals surface area contributed by atoms with Crippen molar-refractivity contribution < 1.29 is 14.3 Å². The summed E-state index contributed by atoms with van der Waals surface area (Å²) in [7, 11) is 0. The van der Waals surface area contributed by atoms with E-state index in [0.29, 0.717) is 13.0 Å². The molecule has 1 rings (SSSR count). The van der Waals surface area contributed by atoms with E-state index >= 15 is 0 Å². The minimum absolute atomic E-state index is 0.0361. The van der Waals surface area contributed by atoms with E-state index in [2.05, 4.69) is 18.5 Å². The highest BCUT2D eigenvalue weighted by atomic mass is 16.6. The lowest BCUT2D eigenvalue weighted by Gasteiger charge is -2.36. The molecule has 2 atom stereocenters. The number of ether oxygens (including phenoxy) is 1. The van der Waals surface area contributed by atoms with Crippen molar-refractivity contribution in [1.82, 2.24) is 10.2 Å². The van der Waals surface area contributed by atoms with Gasteiger partial charge in [0.25, 0.3) is 0 Å². The third-order valence-electron chi connectivity index (χ3n) is 3.50. The Labute approximate surface area is 133 Å². The second-order valence-corrected chi connectivity index (χ2v) is 6.55. The number of alkyl carbamates (subject to hydrolysis) is 1. The van der Waals surface area contributed by atoms with Gasteiger partial charge in [-0.05, 0) is 46.5 Å². The first-order valence-electron chi connectivity index (χ1n) is 7.82. The van der Waals surface area contributed by atoms with Gasteiger partial charge >= 0.3 is 6.09 Å². The van der Waals surface area contributed by atoms with Crippen molar-refractivity contribution in [1.29, 1.82) is 0 Å². The Morgan fingerprint density at radius 2 is 2.05 bits per heavy atom. The van der Waals surface area contributed by atoms with Gasteiger partial charge in [-0.25, -0.2) is 4.79 Å². The summed E-state index contributed by atoms with van der Waals surface area (Å²) in [4.78, 5) is 26.4. The van der Waals surface area contributed by atoms with Gasteiger partial charge in [-0.2, -0.15) is 0 Å². The molecule has 5 heteroatoms. The van der Waals surface area contributed by atoms with Crippen molar-refractivity contribution in [2.45, 2.75) is 64.1 Å². The standard InChI is InChI=1S/C17H28N2O3/c1-6-10-14(18-16(21)22-17(3,4)5)15(20)19-12-9-8-11-13(19)7-2/h6-7,13-14H,1-2,8-12H2,3-5H3,(H,18,21). The monoisotopic (exact) mass is 308 g/mol. The average molecular weight is 308 g/mol. The van der Waals surface area contributed by atoms with Gasteiger partial charge in [0.1, 0.15) is 11.6 Å². The molecule has 1 aliphatic heterocycles. The van der Waals surface area contributed by atoms with Gasteiger partial charge in [0.15, 0.2) is 0 Å². The predicted molar refractivity (Wildman–Crippen MR) is 87.5 cm³/mol. The number of hydrogen-bond donors (Lipinski definition) is 1. The van der Waals surface area contributed by atoms with Gasteiger partial charge in [0.05, 0.1) is 0 Å². The van der Waals surface area contributed by atoms with Crippen LogP contribution in [-0.4, -0.2) is 41.1 Å². The van der Waals surface area contributed by atoms with Crippen LogP contribution in [0.4, 0.5) is 4.79 Å². The molecule has 0 bridgehead atoms. The van der Waals surface area contributed by atoms with Crippen LogP contribution in [0.2, 0.25) is 0 Å². The molecule has 0 aliphatic carbocycles. The zero-order chi connectivity index (χ0) is 16.8. The Balaban J connectivity index is 2.76. The smallest absolute Gasteiger partial charge is 0.408 e. The lowest BCUT2D eigenvalue weighted by molar-refractivity contribution is -0.136. The molecule has 0 aromatic carbocycles. The van der Waals surface area contributed by atoms with Crippen LogP contribution in [0.5, 0.6) is 0 Å². The normalized spacial score (nSPS) is 20.0. The predicted octanol–water partition coefficient (Wildman–Crippen LogP) is 3.02. The van der Waals surface area contributed by atoms with Gasteiger partial charge in [-0.15, -0.1) is 13.2 Å². The summed E-state index contributed by atoms with van der Waals surface area (Å²) in [6, 6.07) is -0.609. The molecule has 0 saturated carbocycles. The van der Waals surface area contributed by atoms with Crippen molar-refractivity contribution in [2.24, 2.45) is 0 Å². The Hall–Kier alpha value is -1.78. The van der Waals surface area contributed by atoms with Gasteiger partial charge in [0, 0.05) is 12.6 Å². The molecule has 0 aromatic heterocycles. The number of nitrogens with one attached hydrogen (secondary N) is 1. The lowest BCUT2D eigenvalue weighted by Crippen LogP contribution is -2.53. The van der Waals surface area contributed by atoms with Crippen LogP contribution in [-0.2, 0) is 9.53 Å². The zero-order valence-electron chi connectivity index (χ0n) is 13.9. The molecule has 5 nitrogen and oxygen atoms in total. The van der Waals surface area contributed by atoms with Crippen molar-refractivity contribution in [3.8, 4) is 0 Å². The first kappa shape index (κ1) is 18.3. The lowest BCUT2D eigenvalue weighted by atomic mass is 10.0. The SMILES string of the molecule is C=CCC(NC(=O)OC(C)(C)C)C(=O)N1CCCCC1C=C. The Bertz CT molecular complexity index is 426. The fourth-order valence-electron chi connectivity index (χ4n) is 2.51. The van der Waals surface area contributed by atoms with Crippen molar-refractivity contribution >= 4 is 12.0 Å². The van der Waals surface area contributed by atoms with E-state index in [9.17, 15) is 9.59 Å². The first-order chi connectivity index (χ1) is 10.3. The molecular formula is C17H28N2O3. The van der Waals surface area contributed by atoms with Gasteiger partial charge in [-0.3, -0.25) is 4.79 Å². The third-order valence-corrected chi connectivity index (χ3v) is 3.50. The molecule has 1 aliphatic rings. The number of carbonyl (C=O) groups excluding carboxylic acids is 2. The van der Waals surface area contributed by atoms with Crippen molar-refractivity contribution in [3.05, 3.63) is 25.3 Å². The molecule has 0 spiro atoms. The largest absolute Gasteiger partial charge is 0.444 e. The minimum Gasteiger partial charge on any atom is -0.444 e. The number of carbonyl (C=O) groups is 2. The highest BCUT2D eigenvalue weighted by Gasteiger charge is 2.31. The summed E-state index contributed by atoms with van der Waals surface area (Å²) in [5, 5.41) is 2.66. The third kappa shape index (κ3) is 5.54. The molecule has 0 radical (unpaired) electrons. The van der Waals surface area contributed by atoms with E-state index in [4.69, 9.17) is 4.74 Å². The average Bonchev–Trinajstić information content (AvgIpc) is 2.44. The number of hydrogen-bond acceptors (Lipinski definition) is 3. The quantitative estimate of drug-likeness (QED) is 0.794. The van der Waals surface area contributed by atoms with Crippen molar-refractivity contribution in [2.75, 3.05) is 6.54 Å². The maximum absolute atomic E-state index is 12.7. The summed E-state index contributed by atoms with van der Waals surface area (Å²) in [6.45, 7) is 13.5. The Morgan fingerprint density at radius 1 is 1.36 bits per heavy atom. The molecule has 2 amide bonds. The number of rotatable bonds is 5. The summed E-state index contributed by atoms with van der Waals surface area (Å²) < 4.78 is 5.23. The van der Waals surface area contributed by atoms with Crippen LogP contribution in [0.1, 0.15) is 46.5 Å². The highest BCUT2D eigenvalue weighted by molar-refractivity contribution is 5.86. The molecule has 1 N–H and O–H groups in total. The van der Waals surface area contributed by atoms with Crippen LogP contribution >= 0.6 is 0 Å². The van der Waals surface area contributed by atoms with E-state index in [0.717, 1.165) is 19.3 Å². The van der Waals surface area contributed by atoms with E-state index in [1.54, 1.807) is 37.8 Å². The molecule has 1 heterocycles. The number of likely N-dealkylation sites (tertiary alicyclic amines) is 1. The molecular weight excluding hydrogens is 280 g/mol. The van der Waals surface area contributed by atoms with Gasteiger partial charge in [0.2, 0.25) is 5.91 Å². The highest BCUT2D eigenvalue weighted by Crippen LogP contribution is 2.19. The van der Waals surface area contributed by atoms with E-state index in [1.165, 1.54) is 0 Å². The first-order valence-corrected chi connectivity index (χ1v) is 7.82. The van der Waals surface area contributed by atoms with Crippen LogP contribution < -0.4 is 5.32 Å². The summed E-state index contributed by atoms with van der Waals surface area (Å²) in [5.74, 6) is -0.102. The van der Waals surface area contributed by atoms with Crippen LogP contribution in [0.3, 0.4) is 0 Å². The molecule has 1 saturated heterocycles. The minimum atomic E-state index is -0.645. The van der Waals surface area contributed by atoms with Crippen molar-refractivity contribution in [3.63, 3.8) is 0 Å². The van der Waals surface area contributed by atoms with E-state index in [1.807, 2.05) is 0 Å². The topological polar surface area (TPSA) is 58.6 Å².